The summed E-state index contributed by atoms with van der Waals surface area (Å²) in [6.07, 6.45) is 0. The second kappa shape index (κ2) is 5.57. The molecule has 0 unspecified atom stereocenters. The van der Waals surface area contributed by atoms with Gasteiger partial charge in [0.25, 0.3) is 0 Å². The maximum Gasteiger partial charge on any atom is 0.200 e. The Balaban J connectivity index is 2.05. The summed E-state index contributed by atoms with van der Waals surface area (Å²) in [5.74, 6) is 0. The van der Waals surface area contributed by atoms with Gasteiger partial charge in [0.2, 0.25) is 5.43 Å². The molecule has 5 rings (SSSR count). The van der Waals surface area contributed by atoms with Crippen LogP contribution in [0.3, 0.4) is 0 Å². The first-order valence-corrected chi connectivity index (χ1v) is 8.67. The highest BCUT2D eigenvalue weighted by atomic mass is 16.3. The molecular formula is C24H16O2. The molecule has 0 aliphatic carbocycles. The normalized spacial score (nSPS) is 11.4. The van der Waals surface area contributed by atoms with Crippen LogP contribution >= 0.6 is 0 Å². The van der Waals surface area contributed by atoms with E-state index in [1.54, 1.807) is 0 Å². The Bertz CT molecular complexity index is 1340. The lowest BCUT2D eigenvalue weighted by atomic mass is 9.94. The average molecular weight is 336 g/mol. The van der Waals surface area contributed by atoms with Crippen LogP contribution < -0.4 is 5.43 Å². The fourth-order valence-corrected chi connectivity index (χ4v) is 3.61. The van der Waals surface area contributed by atoms with Crippen molar-refractivity contribution in [3.8, 4) is 11.1 Å². The maximum atomic E-state index is 13.1. The highest BCUT2D eigenvalue weighted by molar-refractivity contribution is 6.11. The zero-order chi connectivity index (χ0) is 17.7. The zero-order valence-corrected chi connectivity index (χ0v) is 14.3. The van der Waals surface area contributed by atoms with Gasteiger partial charge in [0.1, 0.15) is 11.2 Å². The molecule has 0 saturated heterocycles. The standard InChI is InChI=1S/C24H16O2/c1-15-10-12-16(13-11-15)22-18-7-3-2-6-17(18)14-20-23(25)19-8-4-5-9-21(19)26-24(20)22/h2-14H,1H3. The second-order valence-corrected chi connectivity index (χ2v) is 6.64. The van der Waals surface area contributed by atoms with Gasteiger partial charge in [0.05, 0.1) is 10.8 Å². The monoisotopic (exact) mass is 336 g/mol. The first-order valence-electron chi connectivity index (χ1n) is 8.67. The third-order valence-corrected chi connectivity index (χ3v) is 4.93. The molecule has 26 heavy (non-hydrogen) atoms. The first-order chi connectivity index (χ1) is 12.7. The molecule has 0 spiro atoms. The van der Waals surface area contributed by atoms with E-state index in [2.05, 4.69) is 37.3 Å². The highest BCUT2D eigenvalue weighted by Gasteiger charge is 2.16. The minimum absolute atomic E-state index is 0.0148. The van der Waals surface area contributed by atoms with Crippen LogP contribution in [0.5, 0.6) is 0 Å². The molecule has 1 heterocycles. The third-order valence-electron chi connectivity index (χ3n) is 4.93. The quantitative estimate of drug-likeness (QED) is 0.348. The molecule has 1 aromatic heterocycles. The fourth-order valence-electron chi connectivity index (χ4n) is 3.61. The van der Waals surface area contributed by atoms with E-state index in [1.165, 1.54) is 5.56 Å². The van der Waals surface area contributed by atoms with Crippen LogP contribution in [0.4, 0.5) is 0 Å². The number of hydrogen-bond acceptors (Lipinski definition) is 2. The minimum atomic E-state index is 0.0148. The molecule has 0 radical (unpaired) electrons. The molecule has 0 aliphatic rings. The van der Waals surface area contributed by atoms with Crippen molar-refractivity contribution in [1.29, 1.82) is 0 Å². The third kappa shape index (κ3) is 2.16. The summed E-state index contributed by atoms with van der Waals surface area (Å²) < 4.78 is 6.25. The number of hydrogen-bond donors (Lipinski definition) is 0. The Morgan fingerprint density at radius 3 is 2.23 bits per heavy atom. The van der Waals surface area contributed by atoms with Gasteiger partial charge in [0.15, 0.2) is 0 Å². The number of rotatable bonds is 1. The van der Waals surface area contributed by atoms with Crippen molar-refractivity contribution in [2.45, 2.75) is 6.92 Å². The van der Waals surface area contributed by atoms with Crippen LogP contribution in [0.2, 0.25) is 0 Å². The van der Waals surface area contributed by atoms with Crippen LogP contribution in [-0.2, 0) is 0 Å². The summed E-state index contributed by atoms with van der Waals surface area (Å²) >= 11 is 0. The van der Waals surface area contributed by atoms with Gasteiger partial charge < -0.3 is 4.42 Å². The Kier molecular flexibility index (Phi) is 3.19. The molecule has 5 aromatic rings. The molecule has 2 heteroatoms. The summed E-state index contributed by atoms with van der Waals surface area (Å²) in [6.45, 7) is 2.07. The number of para-hydroxylation sites is 1. The van der Waals surface area contributed by atoms with Gasteiger partial charge >= 0.3 is 0 Å². The molecule has 0 saturated carbocycles. The van der Waals surface area contributed by atoms with E-state index < -0.39 is 0 Å². The molecule has 0 N–H and O–H groups in total. The molecular weight excluding hydrogens is 320 g/mol. The lowest BCUT2D eigenvalue weighted by Crippen LogP contribution is -2.03. The molecule has 0 fully saturated rings. The van der Waals surface area contributed by atoms with E-state index in [0.29, 0.717) is 21.9 Å². The van der Waals surface area contributed by atoms with E-state index >= 15 is 0 Å². The fraction of sp³-hybridized carbons (Fsp3) is 0.0417. The Morgan fingerprint density at radius 2 is 1.42 bits per heavy atom. The van der Waals surface area contributed by atoms with E-state index in [9.17, 15) is 4.79 Å². The predicted octanol–water partition coefficient (Wildman–Crippen LogP) is 6.07. The summed E-state index contributed by atoms with van der Waals surface area (Å²) in [7, 11) is 0. The zero-order valence-electron chi connectivity index (χ0n) is 14.3. The van der Waals surface area contributed by atoms with Crippen molar-refractivity contribution < 1.29 is 4.42 Å². The predicted molar refractivity (Wildman–Crippen MR) is 108 cm³/mol. The van der Waals surface area contributed by atoms with Crippen LogP contribution in [-0.4, -0.2) is 0 Å². The molecule has 124 valence electrons. The molecule has 0 aliphatic heterocycles. The van der Waals surface area contributed by atoms with Crippen molar-refractivity contribution in [2.75, 3.05) is 0 Å². The van der Waals surface area contributed by atoms with Crippen molar-refractivity contribution >= 4 is 32.7 Å². The van der Waals surface area contributed by atoms with Crippen LogP contribution in [0.15, 0.2) is 88.1 Å². The lowest BCUT2D eigenvalue weighted by Gasteiger charge is -2.12. The van der Waals surface area contributed by atoms with E-state index in [1.807, 2.05) is 48.5 Å². The van der Waals surface area contributed by atoms with Crippen molar-refractivity contribution in [3.05, 3.63) is 94.6 Å². The molecule has 2 nitrogen and oxygen atoms in total. The number of fused-ring (bicyclic) bond motifs is 3. The number of aryl methyl sites for hydroxylation is 1. The van der Waals surface area contributed by atoms with Crippen LogP contribution in [0, 0.1) is 6.92 Å². The van der Waals surface area contributed by atoms with Gasteiger partial charge in [-0.15, -0.1) is 0 Å². The molecule has 0 amide bonds. The van der Waals surface area contributed by atoms with E-state index in [4.69, 9.17) is 4.42 Å². The van der Waals surface area contributed by atoms with Crippen molar-refractivity contribution in [3.63, 3.8) is 0 Å². The van der Waals surface area contributed by atoms with Crippen molar-refractivity contribution in [1.82, 2.24) is 0 Å². The van der Waals surface area contributed by atoms with Gasteiger partial charge in [-0.05, 0) is 41.5 Å². The summed E-state index contributed by atoms with van der Waals surface area (Å²) in [5, 5.41) is 3.36. The Labute approximate surface area is 150 Å². The van der Waals surface area contributed by atoms with Gasteiger partial charge in [0, 0.05) is 5.56 Å². The smallest absolute Gasteiger partial charge is 0.200 e. The Morgan fingerprint density at radius 1 is 0.731 bits per heavy atom. The van der Waals surface area contributed by atoms with Crippen LogP contribution in [0.1, 0.15) is 5.56 Å². The Hall–Kier alpha value is -3.39. The van der Waals surface area contributed by atoms with Gasteiger partial charge in [-0.3, -0.25) is 4.79 Å². The second-order valence-electron chi connectivity index (χ2n) is 6.64. The van der Waals surface area contributed by atoms with Gasteiger partial charge in [-0.2, -0.15) is 0 Å². The lowest BCUT2D eigenvalue weighted by molar-refractivity contribution is 0.661. The topological polar surface area (TPSA) is 30.2 Å². The molecule has 0 atom stereocenters. The maximum absolute atomic E-state index is 13.1. The summed E-state index contributed by atoms with van der Waals surface area (Å²) in [5.41, 5.74) is 4.51. The van der Waals surface area contributed by atoms with E-state index in [0.717, 1.165) is 21.9 Å². The van der Waals surface area contributed by atoms with Crippen molar-refractivity contribution in [2.24, 2.45) is 0 Å². The average Bonchev–Trinajstić information content (AvgIpc) is 2.68. The summed E-state index contributed by atoms with van der Waals surface area (Å²) in [6, 6.07) is 25.9. The van der Waals surface area contributed by atoms with E-state index in [-0.39, 0.29) is 5.43 Å². The SMILES string of the molecule is Cc1ccc(-c2c3ccccc3cc3c(=O)c4ccccc4oc23)cc1. The highest BCUT2D eigenvalue weighted by Crippen LogP contribution is 2.36. The first kappa shape index (κ1) is 14.9. The summed E-state index contributed by atoms with van der Waals surface area (Å²) in [4.78, 5) is 13.1. The largest absolute Gasteiger partial charge is 0.455 e. The number of benzene rings is 4. The molecule has 0 bridgehead atoms. The molecule has 4 aromatic carbocycles. The van der Waals surface area contributed by atoms with Crippen LogP contribution in [0.25, 0.3) is 43.8 Å². The van der Waals surface area contributed by atoms with Gasteiger partial charge in [-0.25, -0.2) is 0 Å². The van der Waals surface area contributed by atoms with Gasteiger partial charge in [-0.1, -0.05) is 66.2 Å². The minimum Gasteiger partial charge on any atom is -0.455 e.